The molecule has 3 amide bonds. The number of carbonyl (C=O) groups excluding carboxylic acids is 3. The van der Waals surface area contributed by atoms with Crippen LogP contribution in [0.25, 0.3) is 0 Å². The van der Waals surface area contributed by atoms with Crippen LogP contribution in [-0.2, 0) is 4.79 Å². The number of halogens is 1. The van der Waals surface area contributed by atoms with Crippen molar-refractivity contribution in [1.29, 1.82) is 0 Å². The van der Waals surface area contributed by atoms with Crippen LogP contribution < -0.4 is 16.4 Å². The summed E-state index contributed by atoms with van der Waals surface area (Å²) in [6, 6.07) is 11.8. The van der Waals surface area contributed by atoms with Crippen molar-refractivity contribution in [1.82, 2.24) is 5.32 Å². The number of anilines is 1. The Bertz CT molecular complexity index is 1120. The summed E-state index contributed by atoms with van der Waals surface area (Å²) >= 11 is 7.47. The summed E-state index contributed by atoms with van der Waals surface area (Å²) in [6.45, 7) is 0. The Morgan fingerprint density at radius 2 is 1.62 bits per heavy atom. The molecule has 34 heavy (non-hydrogen) atoms. The van der Waals surface area contributed by atoms with Gasteiger partial charge in [0.25, 0.3) is 5.91 Å². The van der Waals surface area contributed by atoms with Gasteiger partial charge in [-0.15, -0.1) is 11.8 Å². The molecule has 0 atom stereocenters. The molecule has 0 unspecified atom stereocenters. The number of benzene rings is 2. The average molecular weight is 498 g/mol. The molecule has 0 aliphatic heterocycles. The number of hydrogen-bond donors (Lipinski definition) is 3. The lowest BCUT2D eigenvalue weighted by atomic mass is 9.53. The lowest BCUT2D eigenvalue weighted by molar-refractivity contribution is -0.124. The highest BCUT2D eigenvalue weighted by molar-refractivity contribution is 8.00. The van der Waals surface area contributed by atoms with Crippen LogP contribution in [0.5, 0.6) is 0 Å². The number of nitrogens with two attached hydrogens (primary N) is 1. The molecule has 2 aromatic rings. The molecule has 0 heterocycles. The van der Waals surface area contributed by atoms with Gasteiger partial charge in [0.15, 0.2) is 0 Å². The molecule has 0 spiro atoms. The topological polar surface area (TPSA) is 101 Å². The number of hydrogen-bond acceptors (Lipinski definition) is 4. The monoisotopic (exact) mass is 497 g/mol. The number of primary amides is 1. The van der Waals surface area contributed by atoms with Gasteiger partial charge in [-0.2, -0.15) is 0 Å². The Balaban J connectivity index is 1.22. The van der Waals surface area contributed by atoms with Crippen LogP contribution in [0, 0.1) is 17.8 Å². The summed E-state index contributed by atoms with van der Waals surface area (Å²) in [5, 5.41) is 6.37. The normalized spacial score (nSPS) is 26.8. The fraction of sp³-hybridized carbons (Fsp3) is 0.423. The van der Waals surface area contributed by atoms with E-state index in [1.54, 1.807) is 18.2 Å². The van der Waals surface area contributed by atoms with Crippen LogP contribution in [0.2, 0.25) is 5.02 Å². The molecule has 6 rings (SSSR count). The second-order valence-electron chi connectivity index (χ2n) is 10.0. The third-order valence-corrected chi connectivity index (χ3v) is 8.81. The Morgan fingerprint density at radius 1 is 0.971 bits per heavy atom. The van der Waals surface area contributed by atoms with Crippen molar-refractivity contribution < 1.29 is 14.4 Å². The van der Waals surface area contributed by atoms with E-state index in [2.05, 4.69) is 10.6 Å². The Hall–Kier alpha value is -2.51. The SMILES string of the molecule is NC(=O)c1ccc(NC(=O)c2ccccc2SCC(=O)NC23CC4CC(CC(C4)C2)C3)cc1Cl. The van der Waals surface area contributed by atoms with E-state index in [9.17, 15) is 14.4 Å². The van der Waals surface area contributed by atoms with Crippen molar-refractivity contribution >= 4 is 46.8 Å². The van der Waals surface area contributed by atoms with Gasteiger partial charge < -0.3 is 16.4 Å². The predicted octanol–water partition coefficient (Wildman–Crippen LogP) is 4.87. The first-order chi connectivity index (χ1) is 16.3. The zero-order chi connectivity index (χ0) is 23.9. The first-order valence-electron chi connectivity index (χ1n) is 11.7. The highest BCUT2D eigenvalue weighted by atomic mass is 35.5. The zero-order valence-corrected chi connectivity index (χ0v) is 20.4. The van der Waals surface area contributed by atoms with E-state index in [1.807, 2.05) is 12.1 Å². The fourth-order valence-electron chi connectivity index (χ4n) is 6.51. The van der Waals surface area contributed by atoms with Crippen LogP contribution >= 0.6 is 23.4 Å². The molecule has 2 aromatic carbocycles. The van der Waals surface area contributed by atoms with Gasteiger partial charge in [0.1, 0.15) is 0 Å². The van der Waals surface area contributed by atoms with Crippen molar-refractivity contribution in [3.8, 4) is 0 Å². The van der Waals surface area contributed by atoms with E-state index in [-0.39, 0.29) is 33.7 Å². The molecule has 4 bridgehead atoms. The number of thioether (sulfide) groups is 1. The van der Waals surface area contributed by atoms with Crippen LogP contribution in [0.15, 0.2) is 47.4 Å². The standard InChI is InChI=1S/C26H28ClN3O3S/c27-21-10-18(5-6-19(21)24(28)32)29-25(33)20-3-1-2-4-22(20)34-14-23(31)30-26-11-15-7-16(12-26)9-17(8-15)13-26/h1-6,10,15-17H,7-9,11-14H2,(H2,28,32)(H,29,33)(H,30,31). The molecular formula is C26H28ClN3O3S. The number of carbonyl (C=O) groups is 3. The van der Waals surface area contributed by atoms with E-state index in [0.29, 0.717) is 11.3 Å². The molecule has 6 nitrogen and oxygen atoms in total. The van der Waals surface area contributed by atoms with Crippen molar-refractivity contribution in [3.05, 3.63) is 58.6 Å². The van der Waals surface area contributed by atoms with Crippen molar-refractivity contribution in [2.75, 3.05) is 11.1 Å². The molecule has 4 aliphatic carbocycles. The first-order valence-corrected chi connectivity index (χ1v) is 13.1. The number of nitrogens with one attached hydrogen (secondary N) is 2. The van der Waals surface area contributed by atoms with Crippen LogP contribution in [0.1, 0.15) is 59.2 Å². The number of amides is 3. The molecular weight excluding hydrogens is 470 g/mol. The molecule has 0 saturated heterocycles. The van der Waals surface area contributed by atoms with Gasteiger partial charge in [0.05, 0.1) is 21.9 Å². The first kappa shape index (κ1) is 23.2. The molecule has 4 N–H and O–H groups in total. The minimum Gasteiger partial charge on any atom is -0.366 e. The van der Waals surface area contributed by atoms with Crippen LogP contribution in [-0.4, -0.2) is 29.0 Å². The number of rotatable bonds is 7. The van der Waals surface area contributed by atoms with Crippen LogP contribution in [0.4, 0.5) is 5.69 Å². The maximum Gasteiger partial charge on any atom is 0.256 e. The summed E-state index contributed by atoms with van der Waals surface area (Å²) in [5.41, 5.74) is 6.40. The van der Waals surface area contributed by atoms with Crippen molar-refractivity contribution in [2.24, 2.45) is 23.5 Å². The lowest BCUT2D eigenvalue weighted by Gasteiger charge is -2.56. The molecule has 0 aromatic heterocycles. The van der Waals surface area contributed by atoms with Crippen LogP contribution in [0.3, 0.4) is 0 Å². The van der Waals surface area contributed by atoms with E-state index in [4.69, 9.17) is 17.3 Å². The van der Waals surface area contributed by atoms with Crippen molar-refractivity contribution in [2.45, 2.75) is 49.0 Å². The lowest BCUT2D eigenvalue weighted by Crippen LogP contribution is -2.60. The summed E-state index contributed by atoms with van der Waals surface area (Å²) in [5.74, 6) is 1.68. The minimum absolute atomic E-state index is 0.0143. The maximum atomic E-state index is 12.9. The third kappa shape index (κ3) is 4.82. The van der Waals surface area contributed by atoms with Gasteiger partial charge >= 0.3 is 0 Å². The highest BCUT2D eigenvalue weighted by Gasteiger charge is 2.51. The molecule has 4 saturated carbocycles. The molecule has 8 heteroatoms. The third-order valence-electron chi connectivity index (χ3n) is 7.43. The van der Waals surface area contributed by atoms with E-state index < -0.39 is 5.91 Å². The summed E-state index contributed by atoms with van der Waals surface area (Å²) < 4.78 is 0. The summed E-state index contributed by atoms with van der Waals surface area (Å²) in [6.07, 6.45) is 7.36. The van der Waals surface area contributed by atoms with E-state index in [1.165, 1.54) is 43.2 Å². The van der Waals surface area contributed by atoms with Crippen molar-refractivity contribution in [3.63, 3.8) is 0 Å². The smallest absolute Gasteiger partial charge is 0.256 e. The largest absolute Gasteiger partial charge is 0.366 e. The molecule has 4 aliphatic rings. The minimum atomic E-state index is -0.628. The van der Waals surface area contributed by atoms with Gasteiger partial charge in [-0.25, -0.2) is 0 Å². The van der Waals surface area contributed by atoms with Gasteiger partial charge in [-0.3, -0.25) is 14.4 Å². The van der Waals surface area contributed by atoms with Gasteiger partial charge in [-0.1, -0.05) is 23.7 Å². The average Bonchev–Trinajstić information content (AvgIpc) is 2.76. The molecule has 0 radical (unpaired) electrons. The Kier molecular flexibility index (Phi) is 6.34. The van der Waals surface area contributed by atoms with Gasteiger partial charge in [-0.05, 0) is 86.6 Å². The Morgan fingerprint density at radius 3 is 2.24 bits per heavy atom. The maximum absolute atomic E-state index is 12.9. The van der Waals surface area contributed by atoms with E-state index >= 15 is 0 Å². The fourth-order valence-corrected chi connectivity index (χ4v) is 7.63. The molecule has 178 valence electrons. The summed E-state index contributed by atoms with van der Waals surface area (Å²) in [4.78, 5) is 38.0. The summed E-state index contributed by atoms with van der Waals surface area (Å²) in [7, 11) is 0. The predicted molar refractivity (Wildman–Crippen MR) is 134 cm³/mol. The van der Waals surface area contributed by atoms with E-state index in [0.717, 1.165) is 41.9 Å². The van der Waals surface area contributed by atoms with Gasteiger partial charge in [0, 0.05) is 16.1 Å². The van der Waals surface area contributed by atoms with Gasteiger partial charge in [0.2, 0.25) is 11.8 Å². The Labute approximate surface area is 208 Å². The zero-order valence-electron chi connectivity index (χ0n) is 18.8. The second kappa shape index (κ2) is 9.27. The highest BCUT2D eigenvalue weighted by Crippen LogP contribution is 2.55. The quantitative estimate of drug-likeness (QED) is 0.475. The second-order valence-corrected chi connectivity index (χ2v) is 11.5. The molecule has 4 fully saturated rings.